The predicted molar refractivity (Wildman–Crippen MR) is 85.8 cm³/mol. The van der Waals surface area contributed by atoms with Crippen LogP contribution in [0.5, 0.6) is 0 Å². The van der Waals surface area contributed by atoms with E-state index in [1.807, 2.05) is 19.1 Å². The van der Waals surface area contributed by atoms with Crippen LogP contribution in [0.2, 0.25) is 5.02 Å². The van der Waals surface area contributed by atoms with Gasteiger partial charge in [0.25, 0.3) is 0 Å². The Kier molecular flexibility index (Phi) is 4.70. The van der Waals surface area contributed by atoms with E-state index in [9.17, 15) is 4.39 Å². The molecule has 0 bridgehead atoms. The summed E-state index contributed by atoms with van der Waals surface area (Å²) in [5.41, 5.74) is 3.70. The zero-order valence-electron chi connectivity index (χ0n) is 10.5. The number of hydrogen-bond donors (Lipinski definition) is 0. The zero-order valence-corrected chi connectivity index (χ0v) is 14.4. The molecule has 0 heterocycles. The maximum absolute atomic E-state index is 13.5. The highest BCUT2D eigenvalue weighted by Crippen LogP contribution is 2.39. The Morgan fingerprint density at radius 3 is 2.47 bits per heavy atom. The minimum atomic E-state index is -0.281. The van der Waals surface area contributed by atoms with Crippen molar-refractivity contribution in [3.63, 3.8) is 0 Å². The molecule has 0 fully saturated rings. The first kappa shape index (κ1) is 15.0. The molecular weight excluding hydrogens is 394 g/mol. The maximum Gasteiger partial charge on any atom is 0.127 e. The number of halogens is 4. The molecule has 0 saturated heterocycles. The van der Waals surface area contributed by atoms with E-state index in [0.717, 1.165) is 21.2 Å². The summed E-state index contributed by atoms with van der Waals surface area (Å²) < 4.78 is 14.5. The molecule has 0 aliphatic rings. The van der Waals surface area contributed by atoms with Crippen LogP contribution in [0.25, 0.3) is 0 Å². The van der Waals surface area contributed by atoms with Crippen molar-refractivity contribution in [2.24, 2.45) is 0 Å². The number of aryl methyl sites for hydroxylation is 2. The zero-order chi connectivity index (χ0) is 14.2. The van der Waals surface area contributed by atoms with Gasteiger partial charge in [0.1, 0.15) is 5.82 Å². The molecule has 0 nitrogen and oxygen atoms in total. The van der Waals surface area contributed by atoms with Gasteiger partial charge in [-0.15, -0.1) is 0 Å². The highest BCUT2D eigenvalue weighted by atomic mass is 79.9. The lowest BCUT2D eigenvalue weighted by atomic mass is 10.0. The Labute approximate surface area is 134 Å². The molecule has 100 valence electrons. The highest BCUT2D eigenvalue weighted by Gasteiger charge is 2.18. The van der Waals surface area contributed by atoms with Crippen molar-refractivity contribution >= 4 is 43.5 Å². The second-order valence-electron chi connectivity index (χ2n) is 4.51. The van der Waals surface area contributed by atoms with E-state index in [2.05, 4.69) is 37.9 Å². The Hall–Kier alpha value is -0.380. The normalized spacial score (nSPS) is 12.5. The van der Waals surface area contributed by atoms with Gasteiger partial charge in [-0.25, -0.2) is 4.39 Å². The topological polar surface area (TPSA) is 0 Å². The van der Waals surface area contributed by atoms with E-state index in [4.69, 9.17) is 11.6 Å². The van der Waals surface area contributed by atoms with Gasteiger partial charge in [0.2, 0.25) is 0 Å². The van der Waals surface area contributed by atoms with Crippen LogP contribution in [-0.4, -0.2) is 0 Å². The van der Waals surface area contributed by atoms with Crippen molar-refractivity contribution in [1.82, 2.24) is 0 Å². The molecule has 0 saturated carbocycles. The van der Waals surface area contributed by atoms with Gasteiger partial charge in [0, 0.05) is 9.50 Å². The van der Waals surface area contributed by atoms with E-state index >= 15 is 0 Å². The summed E-state index contributed by atoms with van der Waals surface area (Å²) in [6.07, 6.45) is 0. The second kappa shape index (κ2) is 5.94. The fourth-order valence-corrected chi connectivity index (χ4v) is 3.83. The number of benzene rings is 2. The molecule has 1 atom stereocenters. The molecule has 0 radical (unpaired) electrons. The van der Waals surface area contributed by atoms with Gasteiger partial charge >= 0.3 is 0 Å². The van der Waals surface area contributed by atoms with E-state index in [1.165, 1.54) is 6.07 Å². The Morgan fingerprint density at radius 1 is 1.11 bits per heavy atom. The fourth-order valence-electron chi connectivity index (χ4n) is 1.90. The minimum absolute atomic E-state index is 0.0754. The van der Waals surface area contributed by atoms with Crippen LogP contribution >= 0.6 is 43.5 Å². The largest absolute Gasteiger partial charge is 0.207 e. The van der Waals surface area contributed by atoms with Crippen molar-refractivity contribution in [3.8, 4) is 0 Å². The van der Waals surface area contributed by atoms with Crippen LogP contribution in [0.4, 0.5) is 4.39 Å². The van der Waals surface area contributed by atoms with Gasteiger partial charge in [-0.3, -0.25) is 0 Å². The third-order valence-corrected chi connectivity index (χ3v) is 5.01. The quantitative estimate of drug-likeness (QED) is 0.510. The van der Waals surface area contributed by atoms with Crippen molar-refractivity contribution in [3.05, 3.63) is 67.9 Å². The van der Waals surface area contributed by atoms with Gasteiger partial charge in [-0.2, -0.15) is 0 Å². The van der Waals surface area contributed by atoms with Crippen LogP contribution in [0.1, 0.15) is 27.1 Å². The SMILES string of the molecule is Cc1ccc(Br)c(C(Br)c2cc(C)c(F)cc2Cl)c1. The summed E-state index contributed by atoms with van der Waals surface area (Å²) in [6.45, 7) is 3.77. The Morgan fingerprint density at radius 2 is 1.79 bits per heavy atom. The molecule has 0 aliphatic carbocycles. The summed E-state index contributed by atoms with van der Waals surface area (Å²) in [7, 11) is 0. The molecule has 1 unspecified atom stereocenters. The molecule has 0 N–H and O–H groups in total. The third-order valence-electron chi connectivity index (χ3n) is 2.98. The molecule has 4 heteroatoms. The van der Waals surface area contributed by atoms with Crippen molar-refractivity contribution < 1.29 is 4.39 Å². The van der Waals surface area contributed by atoms with Crippen molar-refractivity contribution in [2.75, 3.05) is 0 Å². The van der Waals surface area contributed by atoms with Gasteiger partial charge < -0.3 is 0 Å². The molecule has 0 aromatic heterocycles. The summed E-state index contributed by atoms with van der Waals surface area (Å²) in [5.74, 6) is -0.281. The molecular formula is C15H12Br2ClF. The molecule has 0 amide bonds. The molecule has 2 rings (SSSR count). The Balaban J connectivity index is 2.52. The second-order valence-corrected chi connectivity index (χ2v) is 6.69. The standard InChI is InChI=1S/C15H12Br2ClF/c1-8-3-4-12(16)10(5-8)15(17)11-6-9(2)14(19)7-13(11)18/h3-7,15H,1-2H3. The average molecular weight is 407 g/mol. The molecule has 0 spiro atoms. The van der Waals surface area contributed by atoms with E-state index in [-0.39, 0.29) is 10.6 Å². The summed E-state index contributed by atoms with van der Waals surface area (Å²) in [5, 5.41) is 0.429. The van der Waals surface area contributed by atoms with Gasteiger partial charge in [0.05, 0.1) is 4.83 Å². The van der Waals surface area contributed by atoms with Crippen LogP contribution in [0.15, 0.2) is 34.8 Å². The molecule has 2 aromatic rings. The van der Waals surface area contributed by atoms with Crippen LogP contribution in [-0.2, 0) is 0 Å². The van der Waals surface area contributed by atoms with Crippen LogP contribution < -0.4 is 0 Å². The predicted octanol–water partition coefficient (Wildman–Crippen LogP) is 6.34. The number of alkyl halides is 1. The molecule has 0 aliphatic heterocycles. The van der Waals surface area contributed by atoms with Crippen molar-refractivity contribution in [1.29, 1.82) is 0 Å². The first-order chi connectivity index (χ1) is 8.90. The third kappa shape index (κ3) is 3.21. The van der Waals surface area contributed by atoms with E-state index < -0.39 is 0 Å². The monoisotopic (exact) mass is 404 g/mol. The fraction of sp³-hybridized carbons (Fsp3) is 0.200. The Bertz CT molecular complexity index is 626. The summed E-state index contributed by atoms with van der Waals surface area (Å²) >= 11 is 13.3. The van der Waals surface area contributed by atoms with E-state index in [0.29, 0.717) is 10.6 Å². The molecule has 2 aromatic carbocycles. The van der Waals surface area contributed by atoms with Gasteiger partial charge in [-0.05, 0) is 42.7 Å². The lowest BCUT2D eigenvalue weighted by molar-refractivity contribution is 0.618. The lowest BCUT2D eigenvalue weighted by Crippen LogP contribution is -1.98. The minimum Gasteiger partial charge on any atom is -0.207 e. The first-order valence-corrected chi connectivity index (χ1v) is 7.84. The van der Waals surface area contributed by atoms with Crippen molar-refractivity contribution in [2.45, 2.75) is 18.7 Å². The number of hydrogen-bond acceptors (Lipinski definition) is 0. The number of rotatable bonds is 2. The smallest absolute Gasteiger partial charge is 0.127 e. The average Bonchev–Trinajstić information content (AvgIpc) is 2.36. The highest BCUT2D eigenvalue weighted by molar-refractivity contribution is 9.11. The maximum atomic E-state index is 13.5. The first-order valence-electron chi connectivity index (χ1n) is 5.76. The molecule has 19 heavy (non-hydrogen) atoms. The van der Waals surface area contributed by atoms with Crippen LogP contribution in [0.3, 0.4) is 0 Å². The van der Waals surface area contributed by atoms with Crippen LogP contribution in [0, 0.1) is 19.7 Å². The summed E-state index contributed by atoms with van der Waals surface area (Å²) in [6, 6.07) is 9.27. The van der Waals surface area contributed by atoms with Gasteiger partial charge in [-0.1, -0.05) is 67.2 Å². The van der Waals surface area contributed by atoms with Gasteiger partial charge in [0.15, 0.2) is 0 Å². The summed E-state index contributed by atoms with van der Waals surface area (Å²) in [4.78, 5) is -0.0754. The lowest BCUT2D eigenvalue weighted by Gasteiger charge is -2.16. The van der Waals surface area contributed by atoms with E-state index in [1.54, 1.807) is 13.0 Å².